The number of nitrogens with zero attached hydrogens (tertiary/aromatic N) is 2. The molecule has 1 aliphatic rings. The van der Waals surface area contributed by atoms with Crippen molar-refractivity contribution in [1.82, 2.24) is 9.88 Å². The van der Waals surface area contributed by atoms with Crippen LogP contribution in [0.15, 0.2) is 31.1 Å². The third kappa shape index (κ3) is 2.08. The van der Waals surface area contributed by atoms with Gasteiger partial charge in [-0.25, -0.2) is 0 Å². The van der Waals surface area contributed by atoms with Crippen molar-refractivity contribution in [3.63, 3.8) is 0 Å². The van der Waals surface area contributed by atoms with E-state index in [0.717, 1.165) is 0 Å². The smallest absolute Gasteiger partial charge is 0.237 e. The number of hydrogen-bond acceptors (Lipinski definition) is 3. The van der Waals surface area contributed by atoms with Gasteiger partial charge in [0, 0.05) is 12.7 Å². The molecule has 0 radical (unpaired) electrons. The molecule has 88 valence electrons. The van der Waals surface area contributed by atoms with E-state index >= 15 is 0 Å². The lowest BCUT2D eigenvalue weighted by atomic mass is 10.00. The Labute approximate surface area is 104 Å². The van der Waals surface area contributed by atoms with Crippen LogP contribution in [0.3, 0.4) is 0 Å². The molecule has 1 aromatic heterocycles. The summed E-state index contributed by atoms with van der Waals surface area (Å²) in [6.07, 6.45) is 3.41. The number of aromatic nitrogens is 1. The van der Waals surface area contributed by atoms with Crippen LogP contribution in [-0.2, 0) is 4.79 Å². The number of rotatable bonds is 3. The summed E-state index contributed by atoms with van der Waals surface area (Å²) in [5, 5.41) is 0.280. The highest BCUT2D eigenvalue weighted by Gasteiger charge is 2.37. The molecule has 17 heavy (non-hydrogen) atoms. The van der Waals surface area contributed by atoms with Crippen molar-refractivity contribution in [2.24, 2.45) is 5.92 Å². The summed E-state index contributed by atoms with van der Waals surface area (Å²) in [5.41, 5.74) is 0.165. The van der Waals surface area contributed by atoms with E-state index in [1.807, 2.05) is 0 Å². The zero-order valence-corrected chi connectivity index (χ0v) is 9.85. The van der Waals surface area contributed by atoms with Crippen molar-refractivity contribution in [2.75, 3.05) is 6.54 Å². The van der Waals surface area contributed by atoms with Gasteiger partial charge < -0.3 is 4.90 Å². The van der Waals surface area contributed by atoms with Gasteiger partial charge in [0.25, 0.3) is 0 Å². The first kappa shape index (κ1) is 11.8. The molecule has 0 aromatic carbocycles. The molecule has 4 nitrogen and oxygen atoms in total. The summed E-state index contributed by atoms with van der Waals surface area (Å²) >= 11 is 5.89. The van der Waals surface area contributed by atoms with Gasteiger partial charge >= 0.3 is 0 Å². The molecule has 1 fully saturated rings. The highest BCUT2D eigenvalue weighted by Crippen LogP contribution is 2.24. The number of carbonyl (C=O) groups excluding carboxylic acids is 2. The summed E-state index contributed by atoms with van der Waals surface area (Å²) in [7, 11) is 0. The van der Waals surface area contributed by atoms with Crippen molar-refractivity contribution < 1.29 is 9.59 Å². The van der Waals surface area contributed by atoms with Crippen LogP contribution in [0.1, 0.15) is 16.9 Å². The van der Waals surface area contributed by atoms with E-state index in [2.05, 4.69) is 11.6 Å². The van der Waals surface area contributed by atoms with Crippen LogP contribution in [-0.4, -0.2) is 28.1 Å². The normalized spacial score (nSPS) is 19.5. The first-order valence-corrected chi connectivity index (χ1v) is 5.60. The van der Waals surface area contributed by atoms with Crippen molar-refractivity contribution in [1.29, 1.82) is 0 Å². The van der Waals surface area contributed by atoms with Gasteiger partial charge in [-0.1, -0.05) is 18.2 Å². The zero-order valence-electron chi connectivity index (χ0n) is 9.10. The molecule has 0 saturated carbocycles. The van der Waals surface area contributed by atoms with E-state index in [-0.39, 0.29) is 22.4 Å². The Hall–Kier alpha value is -1.68. The number of likely N-dealkylation sites (tertiary alicyclic amines) is 1. The molecule has 2 rings (SSSR count). The Balaban J connectivity index is 2.25. The SMILES string of the molecule is C=CN1CCC(C(=O)c2ncccc2Cl)C1=O. The lowest BCUT2D eigenvalue weighted by molar-refractivity contribution is -0.127. The number of pyridine rings is 1. The molecule has 1 aliphatic heterocycles. The Kier molecular flexibility index (Phi) is 3.24. The Morgan fingerprint density at radius 3 is 3.00 bits per heavy atom. The Bertz CT molecular complexity index is 487. The Morgan fingerprint density at radius 2 is 2.41 bits per heavy atom. The molecule has 1 atom stereocenters. The van der Waals surface area contributed by atoms with Gasteiger partial charge in [0.05, 0.1) is 5.02 Å². The minimum Gasteiger partial charge on any atom is -0.319 e. The second-order valence-electron chi connectivity index (χ2n) is 3.75. The van der Waals surface area contributed by atoms with E-state index in [9.17, 15) is 9.59 Å². The highest BCUT2D eigenvalue weighted by molar-refractivity contribution is 6.34. The summed E-state index contributed by atoms with van der Waals surface area (Å²) in [5.74, 6) is -1.22. The van der Waals surface area contributed by atoms with Gasteiger partial charge in [0.15, 0.2) is 5.78 Å². The van der Waals surface area contributed by atoms with Gasteiger partial charge in [0.1, 0.15) is 11.6 Å². The maximum absolute atomic E-state index is 12.1. The number of Topliss-reactive ketones (excluding diaryl/α,β-unsaturated/α-hetero) is 1. The predicted octanol–water partition coefficient (Wildman–Crippen LogP) is 1.91. The summed E-state index contributed by atoms with van der Waals surface area (Å²) in [6.45, 7) is 4.05. The van der Waals surface area contributed by atoms with E-state index in [1.165, 1.54) is 17.3 Å². The number of carbonyl (C=O) groups is 2. The number of ketones is 1. The monoisotopic (exact) mass is 250 g/mol. The molecule has 1 aromatic rings. The van der Waals surface area contributed by atoms with Crippen molar-refractivity contribution in [3.8, 4) is 0 Å². The van der Waals surface area contributed by atoms with E-state index in [4.69, 9.17) is 11.6 Å². The molecule has 1 amide bonds. The first-order chi connectivity index (χ1) is 8.15. The van der Waals surface area contributed by atoms with E-state index < -0.39 is 5.92 Å². The first-order valence-electron chi connectivity index (χ1n) is 5.23. The second-order valence-corrected chi connectivity index (χ2v) is 4.16. The van der Waals surface area contributed by atoms with E-state index in [1.54, 1.807) is 12.1 Å². The van der Waals surface area contributed by atoms with Gasteiger partial charge in [0.2, 0.25) is 5.91 Å². The minimum atomic E-state index is -0.680. The van der Waals surface area contributed by atoms with Gasteiger partial charge in [-0.2, -0.15) is 0 Å². The van der Waals surface area contributed by atoms with Crippen LogP contribution in [0.4, 0.5) is 0 Å². The molecular formula is C12H11ClN2O2. The van der Waals surface area contributed by atoms with Gasteiger partial charge in [-0.15, -0.1) is 0 Å². The highest BCUT2D eigenvalue weighted by atomic mass is 35.5. The lowest BCUT2D eigenvalue weighted by Gasteiger charge is -2.10. The third-order valence-corrected chi connectivity index (χ3v) is 3.07. The summed E-state index contributed by atoms with van der Waals surface area (Å²) in [4.78, 5) is 29.3. The molecule has 2 heterocycles. The molecule has 0 spiro atoms. The van der Waals surface area contributed by atoms with Crippen LogP contribution in [0.5, 0.6) is 0 Å². The standard InChI is InChI=1S/C12H11ClN2O2/c1-2-15-7-5-8(12(15)17)11(16)10-9(13)4-3-6-14-10/h2-4,6,8H,1,5,7H2. The van der Waals surface area contributed by atoms with Gasteiger partial charge in [-0.05, 0) is 24.8 Å². The zero-order chi connectivity index (χ0) is 12.4. The van der Waals surface area contributed by atoms with Gasteiger partial charge in [-0.3, -0.25) is 14.6 Å². The fourth-order valence-electron chi connectivity index (χ4n) is 1.86. The quantitative estimate of drug-likeness (QED) is 0.608. The number of halogens is 1. The maximum atomic E-state index is 12.1. The van der Waals surface area contributed by atoms with E-state index in [0.29, 0.717) is 13.0 Å². The minimum absolute atomic E-state index is 0.165. The number of hydrogen-bond donors (Lipinski definition) is 0. The second kappa shape index (κ2) is 4.67. The van der Waals surface area contributed by atoms with Crippen molar-refractivity contribution >= 4 is 23.3 Å². The Morgan fingerprint density at radius 1 is 1.65 bits per heavy atom. The molecule has 0 aliphatic carbocycles. The fraction of sp³-hybridized carbons (Fsp3) is 0.250. The van der Waals surface area contributed by atoms with Crippen LogP contribution >= 0.6 is 11.6 Å². The third-order valence-electron chi connectivity index (χ3n) is 2.77. The molecule has 1 saturated heterocycles. The predicted molar refractivity (Wildman–Crippen MR) is 63.6 cm³/mol. The summed E-state index contributed by atoms with van der Waals surface area (Å²) in [6, 6.07) is 3.23. The molecule has 1 unspecified atom stereocenters. The van der Waals surface area contributed by atoms with Crippen molar-refractivity contribution in [3.05, 3.63) is 41.8 Å². The average Bonchev–Trinajstić information content (AvgIpc) is 2.70. The maximum Gasteiger partial charge on any atom is 0.237 e. The molecule has 0 bridgehead atoms. The number of amides is 1. The largest absolute Gasteiger partial charge is 0.319 e. The molecule has 5 heteroatoms. The lowest BCUT2D eigenvalue weighted by Crippen LogP contribution is -2.27. The average molecular weight is 251 g/mol. The molecule has 0 N–H and O–H groups in total. The van der Waals surface area contributed by atoms with Crippen LogP contribution in [0, 0.1) is 5.92 Å². The molecular weight excluding hydrogens is 240 g/mol. The van der Waals surface area contributed by atoms with Crippen LogP contribution in [0.25, 0.3) is 0 Å². The van der Waals surface area contributed by atoms with Crippen molar-refractivity contribution in [2.45, 2.75) is 6.42 Å². The summed E-state index contributed by atoms with van der Waals surface area (Å²) < 4.78 is 0. The topological polar surface area (TPSA) is 50.3 Å². The van der Waals surface area contributed by atoms with Crippen LogP contribution < -0.4 is 0 Å². The fourth-order valence-corrected chi connectivity index (χ4v) is 2.07. The van der Waals surface area contributed by atoms with Crippen LogP contribution in [0.2, 0.25) is 5.02 Å².